The summed E-state index contributed by atoms with van der Waals surface area (Å²) >= 11 is 0. The van der Waals surface area contributed by atoms with Crippen LogP contribution in [0.3, 0.4) is 0 Å². The van der Waals surface area contributed by atoms with Crippen molar-refractivity contribution >= 4 is 11.0 Å². The molecule has 2 nitrogen and oxygen atoms in total. The minimum atomic E-state index is 0.0949. The zero-order valence-electron chi connectivity index (χ0n) is 9.57. The summed E-state index contributed by atoms with van der Waals surface area (Å²) < 4.78 is 5.81. The molecule has 1 unspecified atom stereocenters. The normalized spacial score (nSPS) is 17.9. The third-order valence-corrected chi connectivity index (χ3v) is 3.47. The van der Waals surface area contributed by atoms with Crippen LogP contribution in [0.2, 0.25) is 0 Å². The van der Waals surface area contributed by atoms with Crippen molar-refractivity contribution in [2.45, 2.75) is 32.2 Å². The Hall–Kier alpha value is -1.28. The first kappa shape index (κ1) is 9.91. The third kappa shape index (κ3) is 1.63. The first-order valence-corrected chi connectivity index (χ1v) is 6.06. The van der Waals surface area contributed by atoms with Gasteiger partial charge in [-0.3, -0.25) is 0 Å². The van der Waals surface area contributed by atoms with E-state index in [0.717, 1.165) is 17.8 Å². The predicted molar refractivity (Wildman–Crippen MR) is 65.2 cm³/mol. The van der Waals surface area contributed by atoms with Gasteiger partial charge in [0.05, 0.1) is 6.04 Å². The highest BCUT2D eigenvalue weighted by Crippen LogP contribution is 2.40. The molecule has 1 fully saturated rings. The average molecular weight is 215 g/mol. The number of aryl methyl sites for hydroxylation is 1. The van der Waals surface area contributed by atoms with E-state index in [0.29, 0.717) is 5.92 Å². The van der Waals surface area contributed by atoms with Crippen molar-refractivity contribution in [2.75, 3.05) is 0 Å². The van der Waals surface area contributed by atoms with Crippen LogP contribution in [0.1, 0.15) is 37.1 Å². The Balaban J connectivity index is 2.01. The molecule has 1 heterocycles. The van der Waals surface area contributed by atoms with Crippen molar-refractivity contribution in [1.82, 2.24) is 0 Å². The number of hydrogen-bond donors (Lipinski definition) is 1. The summed E-state index contributed by atoms with van der Waals surface area (Å²) in [6.07, 6.45) is 3.56. The lowest BCUT2D eigenvalue weighted by molar-refractivity contribution is 0.467. The molecule has 2 N–H and O–H groups in total. The Morgan fingerprint density at radius 3 is 2.88 bits per heavy atom. The lowest BCUT2D eigenvalue weighted by Gasteiger charge is -2.04. The fourth-order valence-electron chi connectivity index (χ4n) is 2.19. The van der Waals surface area contributed by atoms with Crippen LogP contribution < -0.4 is 5.73 Å². The van der Waals surface area contributed by atoms with Crippen molar-refractivity contribution in [2.24, 2.45) is 11.7 Å². The fourth-order valence-corrected chi connectivity index (χ4v) is 2.19. The van der Waals surface area contributed by atoms with Crippen molar-refractivity contribution in [1.29, 1.82) is 0 Å². The van der Waals surface area contributed by atoms with E-state index in [-0.39, 0.29) is 6.04 Å². The smallest absolute Gasteiger partial charge is 0.134 e. The molecule has 84 valence electrons. The largest absolute Gasteiger partial charge is 0.459 e. The van der Waals surface area contributed by atoms with Crippen molar-refractivity contribution in [3.8, 4) is 0 Å². The molecule has 0 saturated heterocycles. The lowest BCUT2D eigenvalue weighted by atomic mass is 10.1. The van der Waals surface area contributed by atoms with Gasteiger partial charge in [-0.15, -0.1) is 0 Å². The van der Waals surface area contributed by atoms with E-state index >= 15 is 0 Å². The number of hydrogen-bond acceptors (Lipinski definition) is 2. The molecule has 0 radical (unpaired) electrons. The summed E-state index contributed by atoms with van der Waals surface area (Å²) in [4.78, 5) is 0. The summed E-state index contributed by atoms with van der Waals surface area (Å²) in [5.41, 5.74) is 8.45. The van der Waals surface area contributed by atoms with E-state index in [1.54, 1.807) is 0 Å². The van der Waals surface area contributed by atoms with Gasteiger partial charge in [-0.2, -0.15) is 0 Å². The lowest BCUT2D eigenvalue weighted by Crippen LogP contribution is -2.10. The molecule has 1 saturated carbocycles. The standard InChI is InChI=1S/C14H17NO/c1-2-9-3-6-12-11(7-9)8-13(16-12)14(15)10-4-5-10/h3,6-8,10,14H,2,4-5,15H2,1H3. The molecule has 1 aromatic carbocycles. The Labute approximate surface area is 95.4 Å². The monoisotopic (exact) mass is 215 g/mol. The molecule has 2 aromatic rings. The number of benzene rings is 1. The van der Waals surface area contributed by atoms with Crippen molar-refractivity contribution < 1.29 is 4.42 Å². The van der Waals surface area contributed by atoms with Gasteiger partial charge in [0.25, 0.3) is 0 Å². The summed E-state index contributed by atoms with van der Waals surface area (Å²) in [5.74, 6) is 1.59. The maximum absolute atomic E-state index is 6.14. The second-order valence-corrected chi connectivity index (χ2v) is 4.74. The van der Waals surface area contributed by atoms with E-state index in [2.05, 4.69) is 31.2 Å². The van der Waals surface area contributed by atoms with Crippen LogP contribution in [0, 0.1) is 5.92 Å². The summed E-state index contributed by atoms with van der Waals surface area (Å²) in [5, 5.41) is 1.19. The first-order valence-electron chi connectivity index (χ1n) is 6.06. The number of nitrogens with two attached hydrogens (primary N) is 1. The van der Waals surface area contributed by atoms with Gasteiger partial charge < -0.3 is 10.2 Å². The van der Waals surface area contributed by atoms with E-state index in [9.17, 15) is 0 Å². The van der Waals surface area contributed by atoms with Crippen molar-refractivity contribution in [3.63, 3.8) is 0 Å². The molecule has 0 amide bonds. The minimum absolute atomic E-state index is 0.0949. The molecule has 0 aliphatic heterocycles. The van der Waals surface area contributed by atoms with Crippen LogP contribution in [-0.4, -0.2) is 0 Å². The maximum atomic E-state index is 6.14. The molecule has 1 aliphatic rings. The molecular formula is C14H17NO. The number of rotatable bonds is 3. The van der Waals surface area contributed by atoms with Gasteiger partial charge in [-0.1, -0.05) is 13.0 Å². The second kappa shape index (κ2) is 3.63. The highest BCUT2D eigenvalue weighted by atomic mass is 16.3. The van der Waals surface area contributed by atoms with E-state index < -0.39 is 0 Å². The predicted octanol–water partition coefficient (Wildman–Crippen LogP) is 3.41. The SMILES string of the molecule is CCc1ccc2oc(C(N)C3CC3)cc2c1. The van der Waals surface area contributed by atoms with Gasteiger partial charge in [0.15, 0.2) is 0 Å². The number of fused-ring (bicyclic) bond motifs is 1. The van der Waals surface area contributed by atoms with Crippen LogP contribution in [0.5, 0.6) is 0 Å². The molecule has 1 aromatic heterocycles. The second-order valence-electron chi connectivity index (χ2n) is 4.74. The zero-order chi connectivity index (χ0) is 11.1. The topological polar surface area (TPSA) is 39.2 Å². The summed E-state index contributed by atoms with van der Waals surface area (Å²) in [6.45, 7) is 2.16. The molecule has 3 rings (SSSR count). The highest BCUT2D eigenvalue weighted by Gasteiger charge is 2.31. The molecule has 0 bridgehead atoms. The molecule has 1 atom stereocenters. The fraction of sp³-hybridized carbons (Fsp3) is 0.429. The van der Waals surface area contributed by atoms with E-state index in [1.165, 1.54) is 23.8 Å². The van der Waals surface area contributed by atoms with Crippen LogP contribution in [0.4, 0.5) is 0 Å². The molecule has 0 spiro atoms. The Kier molecular flexibility index (Phi) is 2.25. The first-order chi connectivity index (χ1) is 7.78. The van der Waals surface area contributed by atoms with Crippen LogP contribution in [0.25, 0.3) is 11.0 Å². The van der Waals surface area contributed by atoms with Gasteiger partial charge in [0.2, 0.25) is 0 Å². The average Bonchev–Trinajstić information content (AvgIpc) is 3.06. The van der Waals surface area contributed by atoms with E-state index in [4.69, 9.17) is 10.2 Å². The Bertz CT molecular complexity index is 510. The molecular weight excluding hydrogens is 198 g/mol. The number of furan rings is 1. The van der Waals surface area contributed by atoms with Gasteiger partial charge in [0, 0.05) is 5.39 Å². The van der Waals surface area contributed by atoms with Gasteiger partial charge in [0.1, 0.15) is 11.3 Å². The van der Waals surface area contributed by atoms with Crippen molar-refractivity contribution in [3.05, 3.63) is 35.6 Å². The Morgan fingerprint density at radius 1 is 1.38 bits per heavy atom. The van der Waals surface area contributed by atoms with Gasteiger partial charge in [-0.05, 0) is 48.9 Å². The zero-order valence-corrected chi connectivity index (χ0v) is 9.57. The molecule has 1 aliphatic carbocycles. The maximum Gasteiger partial charge on any atom is 0.134 e. The van der Waals surface area contributed by atoms with Crippen LogP contribution in [0.15, 0.2) is 28.7 Å². The van der Waals surface area contributed by atoms with E-state index in [1.807, 2.05) is 0 Å². The Morgan fingerprint density at radius 2 is 2.19 bits per heavy atom. The van der Waals surface area contributed by atoms with Crippen LogP contribution >= 0.6 is 0 Å². The minimum Gasteiger partial charge on any atom is -0.459 e. The van der Waals surface area contributed by atoms with Crippen LogP contribution in [-0.2, 0) is 6.42 Å². The molecule has 16 heavy (non-hydrogen) atoms. The van der Waals surface area contributed by atoms with Gasteiger partial charge in [-0.25, -0.2) is 0 Å². The third-order valence-electron chi connectivity index (χ3n) is 3.47. The molecule has 2 heteroatoms. The summed E-state index contributed by atoms with van der Waals surface area (Å²) in [7, 11) is 0. The van der Waals surface area contributed by atoms with Gasteiger partial charge >= 0.3 is 0 Å². The summed E-state index contributed by atoms with van der Waals surface area (Å²) in [6, 6.07) is 8.58. The quantitative estimate of drug-likeness (QED) is 0.852. The highest BCUT2D eigenvalue weighted by molar-refractivity contribution is 5.78.